The highest BCUT2D eigenvalue weighted by Crippen LogP contribution is 2.30. The lowest BCUT2D eigenvalue weighted by Crippen LogP contribution is -2.35. The standard InChI is InChI=1S/C20H23NO3S/c1-25(23,24)18-12-13-19-17(15-18)10-6-14-21(19)20(22)11-5-9-16-7-3-2-4-8-16/h2-4,7-8,12-13,15H,5-6,9-11,14H2,1H3. The molecule has 0 bridgehead atoms. The second-order valence-electron chi connectivity index (χ2n) is 6.55. The number of hydrogen-bond acceptors (Lipinski definition) is 3. The molecule has 0 fully saturated rings. The van der Waals surface area contributed by atoms with Crippen LogP contribution in [0.1, 0.15) is 30.4 Å². The maximum atomic E-state index is 12.6. The Morgan fingerprint density at radius 3 is 2.60 bits per heavy atom. The van der Waals surface area contributed by atoms with Gasteiger partial charge in [0.05, 0.1) is 4.90 Å². The van der Waals surface area contributed by atoms with Crippen LogP contribution in [0.25, 0.3) is 0 Å². The Kier molecular flexibility index (Phi) is 5.23. The van der Waals surface area contributed by atoms with Gasteiger partial charge in [-0.15, -0.1) is 0 Å². The minimum absolute atomic E-state index is 0.115. The number of fused-ring (bicyclic) bond motifs is 1. The summed E-state index contributed by atoms with van der Waals surface area (Å²) in [5.41, 5.74) is 3.06. The van der Waals surface area contributed by atoms with Crippen LogP contribution in [0.5, 0.6) is 0 Å². The SMILES string of the molecule is CS(=O)(=O)c1ccc2c(c1)CCCN2C(=O)CCCc1ccccc1. The Labute approximate surface area is 149 Å². The van der Waals surface area contributed by atoms with Crippen molar-refractivity contribution in [1.82, 2.24) is 0 Å². The van der Waals surface area contributed by atoms with Gasteiger partial charge in [0, 0.05) is 24.9 Å². The lowest BCUT2D eigenvalue weighted by molar-refractivity contribution is -0.118. The van der Waals surface area contributed by atoms with Crippen molar-refractivity contribution in [3.63, 3.8) is 0 Å². The van der Waals surface area contributed by atoms with Crippen molar-refractivity contribution < 1.29 is 13.2 Å². The van der Waals surface area contributed by atoms with Crippen molar-refractivity contribution in [3.8, 4) is 0 Å². The van der Waals surface area contributed by atoms with E-state index in [0.29, 0.717) is 17.9 Å². The van der Waals surface area contributed by atoms with Crippen LogP contribution in [0.4, 0.5) is 5.69 Å². The van der Waals surface area contributed by atoms with E-state index in [-0.39, 0.29) is 5.91 Å². The van der Waals surface area contributed by atoms with Gasteiger partial charge in [-0.05, 0) is 55.0 Å². The molecule has 1 aliphatic heterocycles. The van der Waals surface area contributed by atoms with Gasteiger partial charge in [0.2, 0.25) is 5.91 Å². The number of benzene rings is 2. The highest BCUT2D eigenvalue weighted by Gasteiger charge is 2.23. The topological polar surface area (TPSA) is 54.5 Å². The smallest absolute Gasteiger partial charge is 0.226 e. The van der Waals surface area contributed by atoms with Crippen LogP contribution in [-0.4, -0.2) is 27.1 Å². The monoisotopic (exact) mass is 357 g/mol. The van der Waals surface area contributed by atoms with Crippen molar-refractivity contribution >= 4 is 21.4 Å². The number of rotatable bonds is 5. The van der Waals surface area contributed by atoms with E-state index in [1.165, 1.54) is 11.8 Å². The summed E-state index contributed by atoms with van der Waals surface area (Å²) < 4.78 is 23.5. The number of carbonyl (C=O) groups excluding carboxylic acids is 1. The van der Waals surface area contributed by atoms with E-state index in [4.69, 9.17) is 0 Å². The van der Waals surface area contributed by atoms with Crippen molar-refractivity contribution in [2.24, 2.45) is 0 Å². The molecular formula is C20H23NO3S. The second-order valence-corrected chi connectivity index (χ2v) is 8.57. The Morgan fingerprint density at radius 2 is 1.88 bits per heavy atom. The van der Waals surface area contributed by atoms with Crippen LogP contribution < -0.4 is 4.90 Å². The Hall–Kier alpha value is -2.14. The third-order valence-corrected chi connectivity index (χ3v) is 5.71. The van der Waals surface area contributed by atoms with Gasteiger partial charge in [0.15, 0.2) is 9.84 Å². The molecule has 0 unspecified atom stereocenters. The summed E-state index contributed by atoms with van der Waals surface area (Å²) in [6.07, 6.45) is 5.10. The summed E-state index contributed by atoms with van der Waals surface area (Å²) in [4.78, 5) is 14.8. The largest absolute Gasteiger partial charge is 0.312 e. The highest BCUT2D eigenvalue weighted by molar-refractivity contribution is 7.90. The molecule has 25 heavy (non-hydrogen) atoms. The molecule has 4 nitrogen and oxygen atoms in total. The lowest BCUT2D eigenvalue weighted by Gasteiger charge is -2.30. The molecule has 1 aliphatic rings. The molecule has 132 valence electrons. The molecule has 0 N–H and O–H groups in total. The maximum absolute atomic E-state index is 12.6. The number of anilines is 1. The molecule has 0 atom stereocenters. The van der Waals surface area contributed by atoms with E-state index < -0.39 is 9.84 Å². The normalized spacial score (nSPS) is 14.2. The van der Waals surface area contributed by atoms with Gasteiger partial charge in [0.1, 0.15) is 0 Å². The molecule has 0 spiro atoms. The molecule has 0 saturated heterocycles. The predicted molar refractivity (Wildman–Crippen MR) is 99.6 cm³/mol. The van der Waals surface area contributed by atoms with Gasteiger partial charge in [-0.3, -0.25) is 4.79 Å². The van der Waals surface area contributed by atoms with E-state index in [2.05, 4.69) is 12.1 Å². The van der Waals surface area contributed by atoms with E-state index in [9.17, 15) is 13.2 Å². The van der Waals surface area contributed by atoms with E-state index >= 15 is 0 Å². The second kappa shape index (κ2) is 7.40. The van der Waals surface area contributed by atoms with Crippen LogP contribution in [-0.2, 0) is 27.5 Å². The fourth-order valence-corrected chi connectivity index (χ4v) is 3.96. The Balaban J connectivity index is 1.68. The summed E-state index contributed by atoms with van der Waals surface area (Å²) in [5.74, 6) is 0.115. The van der Waals surface area contributed by atoms with Crippen molar-refractivity contribution in [3.05, 3.63) is 59.7 Å². The van der Waals surface area contributed by atoms with Crippen LogP contribution in [0.3, 0.4) is 0 Å². The average Bonchev–Trinajstić information content (AvgIpc) is 2.60. The zero-order valence-corrected chi connectivity index (χ0v) is 15.3. The first-order valence-corrected chi connectivity index (χ1v) is 10.5. The summed E-state index contributed by atoms with van der Waals surface area (Å²) in [7, 11) is -3.22. The van der Waals surface area contributed by atoms with E-state index in [1.807, 2.05) is 23.1 Å². The minimum Gasteiger partial charge on any atom is -0.312 e. The average molecular weight is 357 g/mol. The van der Waals surface area contributed by atoms with Crippen LogP contribution in [0.2, 0.25) is 0 Å². The molecule has 0 aromatic heterocycles. The zero-order chi connectivity index (χ0) is 17.9. The van der Waals surface area contributed by atoms with Gasteiger partial charge in [-0.25, -0.2) is 8.42 Å². The molecular weight excluding hydrogens is 334 g/mol. The van der Waals surface area contributed by atoms with Crippen molar-refractivity contribution in [2.75, 3.05) is 17.7 Å². The van der Waals surface area contributed by atoms with E-state index in [1.54, 1.807) is 18.2 Å². The number of sulfone groups is 1. The quantitative estimate of drug-likeness (QED) is 0.824. The number of hydrogen-bond donors (Lipinski definition) is 0. The third kappa shape index (κ3) is 4.28. The van der Waals surface area contributed by atoms with Gasteiger partial charge in [-0.1, -0.05) is 30.3 Å². The summed E-state index contributed by atoms with van der Waals surface area (Å²) in [5, 5.41) is 0. The number of carbonyl (C=O) groups is 1. The van der Waals surface area contributed by atoms with Crippen LogP contribution >= 0.6 is 0 Å². The zero-order valence-electron chi connectivity index (χ0n) is 14.4. The number of amides is 1. The van der Waals surface area contributed by atoms with Gasteiger partial charge in [0.25, 0.3) is 0 Å². The first-order valence-electron chi connectivity index (χ1n) is 8.62. The third-order valence-electron chi connectivity index (χ3n) is 4.60. The van der Waals surface area contributed by atoms with Crippen LogP contribution in [0, 0.1) is 0 Å². The number of aryl methyl sites for hydroxylation is 2. The first-order chi connectivity index (χ1) is 11.9. The molecule has 3 rings (SSSR count). The minimum atomic E-state index is -3.22. The maximum Gasteiger partial charge on any atom is 0.226 e. The Morgan fingerprint density at radius 1 is 1.12 bits per heavy atom. The lowest BCUT2D eigenvalue weighted by atomic mass is 10.0. The summed E-state index contributed by atoms with van der Waals surface area (Å²) in [6, 6.07) is 15.3. The Bertz CT molecular complexity index is 860. The van der Waals surface area contributed by atoms with Gasteiger partial charge in [-0.2, -0.15) is 0 Å². The summed E-state index contributed by atoms with van der Waals surface area (Å²) >= 11 is 0. The molecule has 5 heteroatoms. The fourth-order valence-electron chi connectivity index (χ4n) is 3.29. The van der Waals surface area contributed by atoms with Gasteiger partial charge >= 0.3 is 0 Å². The molecule has 0 saturated carbocycles. The molecule has 2 aromatic rings. The molecule has 0 aliphatic carbocycles. The van der Waals surface area contributed by atoms with E-state index in [0.717, 1.165) is 36.9 Å². The van der Waals surface area contributed by atoms with Crippen LogP contribution in [0.15, 0.2) is 53.4 Å². The molecule has 2 aromatic carbocycles. The first kappa shape index (κ1) is 17.7. The van der Waals surface area contributed by atoms with Gasteiger partial charge < -0.3 is 4.90 Å². The fraction of sp³-hybridized carbons (Fsp3) is 0.350. The van der Waals surface area contributed by atoms with Crippen molar-refractivity contribution in [2.45, 2.75) is 37.0 Å². The molecule has 0 radical (unpaired) electrons. The summed E-state index contributed by atoms with van der Waals surface area (Å²) in [6.45, 7) is 0.704. The molecule has 1 amide bonds. The van der Waals surface area contributed by atoms with Crippen molar-refractivity contribution in [1.29, 1.82) is 0 Å². The highest BCUT2D eigenvalue weighted by atomic mass is 32.2. The number of nitrogens with zero attached hydrogens (tertiary/aromatic N) is 1. The molecule has 1 heterocycles. The predicted octanol–water partition coefficient (Wildman–Crippen LogP) is 3.39.